The molecule has 0 heterocycles. The Bertz CT molecular complexity index is 1280. The van der Waals surface area contributed by atoms with Crippen LogP contribution in [-0.2, 0) is 32.7 Å². The van der Waals surface area contributed by atoms with Gasteiger partial charge < -0.3 is 20.1 Å². The molecule has 10 heteroatoms. The number of nitrogens with two attached hydrogens (primary N) is 1. The molecule has 0 aliphatic rings. The summed E-state index contributed by atoms with van der Waals surface area (Å²) in [5, 5.41) is 0. The molecule has 70 heavy (non-hydrogen) atoms. The summed E-state index contributed by atoms with van der Waals surface area (Å²) in [4.78, 5) is 35.1. The van der Waals surface area contributed by atoms with Gasteiger partial charge in [0.2, 0.25) is 0 Å². The Balaban J connectivity index is 3.81. The van der Waals surface area contributed by atoms with E-state index in [9.17, 15) is 19.0 Å². The SMILES string of the molecule is CC/C=C\C/C=C\C/C=C\C/C=C\CCCCC(=O)OC(COC(=O)CCCCCCCCCCCCCCCCCCCCCCCCCCCCCCCCCCCC)COP(=O)(O)OCCN. The summed E-state index contributed by atoms with van der Waals surface area (Å²) in [5.41, 5.74) is 5.37. The lowest BCUT2D eigenvalue weighted by Gasteiger charge is -2.19. The van der Waals surface area contributed by atoms with Gasteiger partial charge in [0.05, 0.1) is 13.2 Å². The van der Waals surface area contributed by atoms with E-state index in [1.54, 1.807) is 0 Å². The first-order valence-electron chi connectivity index (χ1n) is 29.6. The molecule has 9 nitrogen and oxygen atoms in total. The number of hydrogen-bond donors (Lipinski definition) is 2. The van der Waals surface area contributed by atoms with Crippen LogP contribution in [0.3, 0.4) is 0 Å². The van der Waals surface area contributed by atoms with Crippen LogP contribution in [0.15, 0.2) is 48.6 Å². The number of carbonyl (C=O) groups excluding carboxylic acids is 2. The fourth-order valence-electron chi connectivity index (χ4n) is 8.63. The molecule has 0 spiro atoms. The highest BCUT2D eigenvalue weighted by Crippen LogP contribution is 2.43. The van der Waals surface area contributed by atoms with Gasteiger partial charge >= 0.3 is 19.8 Å². The van der Waals surface area contributed by atoms with Crippen LogP contribution in [0.25, 0.3) is 0 Å². The maximum absolute atomic E-state index is 12.6. The Morgan fingerprint density at radius 3 is 1.17 bits per heavy atom. The van der Waals surface area contributed by atoms with Crippen molar-refractivity contribution in [3.63, 3.8) is 0 Å². The Morgan fingerprint density at radius 1 is 0.443 bits per heavy atom. The van der Waals surface area contributed by atoms with E-state index < -0.39 is 26.5 Å². The Hall–Kier alpha value is -2.03. The Morgan fingerprint density at radius 2 is 0.786 bits per heavy atom. The first-order chi connectivity index (χ1) is 34.3. The second-order valence-corrected chi connectivity index (χ2v) is 21.3. The van der Waals surface area contributed by atoms with E-state index in [0.29, 0.717) is 6.42 Å². The van der Waals surface area contributed by atoms with Crippen molar-refractivity contribution in [1.29, 1.82) is 0 Å². The average molecular weight is 1010 g/mol. The molecule has 0 aliphatic carbocycles. The summed E-state index contributed by atoms with van der Waals surface area (Å²) < 4.78 is 32.9. The lowest BCUT2D eigenvalue weighted by Crippen LogP contribution is -2.29. The second-order valence-electron chi connectivity index (χ2n) is 19.8. The monoisotopic (exact) mass is 1010 g/mol. The minimum Gasteiger partial charge on any atom is -0.462 e. The molecule has 0 saturated heterocycles. The third-order valence-electron chi connectivity index (χ3n) is 13.0. The molecule has 0 fully saturated rings. The van der Waals surface area contributed by atoms with Gasteiger partial charge in [0, 0.05) is 19.4 Å². The summed E-state index contributed by atoms with van der Waals surface area (Å²) in [6.07, 6.45) is 69.3. The van der Waals surface area contributed by atoms with Crippen LogP contribution in [0.2, 0.25) is 0 Å². The number of ether oxygens (including phenoxy) is 2. The zero-order valence-corrected chi connectivity index (χ0v) is 46.7. The number of phosphoric acid groups is 1. The van der Waals surface area contributed by atoms with E-state index >= 15 is 0 Å². The first-order valence-corrected chi connectivity index (χ1v) is 31.1. The van der Waals surface area contributed by atoms with Gasteiger partial charge in [-0.3, -0.25) is 18.6 Å². The fraction of sp³-hybridized carbons (Fsp3) is 0.833. The molecular formula is C60H112NO8P. The van der Waals surface area contributed by atoms with Gasteiger partial charge in [0.25, 0.3) is 0 Å². The van der Waals surface area contributed by atoms with Gasteiger partial charge in [0.1, 0.15) is 6.61 Å². The zero-order chi connectivity index (χ0) is 51.0. The van der Waals surface area contributed by atoms with Crippen LogP contribution in [0.5, 0.6) is 0 Å². The summed E-state index contributed by atoms with van der Waals surface area (Å²) in [5.74, 6) is -0.867. The number of esters is 2. The van der Waals surface area contributed by atoms with E-state index in [-0.39, 0.29) is 38.6 Å². The predicted octanol–water partition coefficient (Wildman–Crippen LogP) is 18.6. The molecule has 0 aromatic heterocycles. The normalized spacial score (nSPS) is 13.4. The molecule has 0 aromatic rings. The second kappa shape index (κ2) is 56.3. The van der Waals surface area contributed by atoms with Crippen LogP contribution in [-0.4, -0.2) is 49.3 Å². The average Bonchev–Trinajstić information content (AvgIpc) is 3.35. The maximum atomic E-state index is 12.6. The van der Waals surface area contributed by atoms with Crippen LogP contribution >= 0.6 is 7.82 Å². The van der Waals surface area contributed by atoms with Gasteiger partial charge in [-0.15, -0.1) is 0 Å². The molecule has 2 atom stereocenters. The van der Waals surface area contributed by atoms with Crippen molar-refractivity contribution < 1.29 is 37.6 Å². The minimum absolute atomic E-state index is 0.0462. The topological polar surface area (TPSA) is 134 Å². The maximum Gasteiger partial charge on any atom is 0.472 e. The predicted molar refractivity (Wildman–Crippen MR) is 298 cm³/mol. The van der Waals surface area contributed by atoms with Crippen molar-refractivity contribution in [2.45, 2.75) is 296 Å². The summed E-state index contributed by atoms with van der Waals surface area (Å²) >= 11 is 0. The van der Waals surface area contributed by atoms with Crippen LogP contribution in [0.1, 0.15) is 290 Å². The van der Waals surface area contributed by atoms with Crippen LogP contribution in [0.4, 0.5) is 0 Å². The lowest BCUT2D eigenvalue weighted by atomic mass is 10.0. The third kappa shape index (κ3) is 55.3. The molecule has 0 amide bonds. The lowest BCUT2D eigenvalue weighted by molar-refractivity contribution is -0.161. The molecule has 0 rings (SSSR count). The molecule has 410 valence electrons. The quantitative estimate of drug-likeness (QED) is 0.0264. The summed E-state index contributed by atoms with van der Waals surface area (Å²) in [6, 6.07) is 0. The van der Waals surface area contributed by atoms with Crippen LogP contribution in [0, 0.1) is 0 Å². The molecule has 3 N–H and O–H groups in total. The number of carbonyl (C=O) groups is 2. The molecule has 0 aliphatic heterocycles. The van der Waals surface area contributed by atoms with E-state index in [0.717, 1.165) is 57.8 Å². The van der Waals surface area contributed by atoms with Crippen molar-refractivity contribution in [3.05, 3.63) is 48.6 Å². The van der Waals surface area contributed by atoms with E-state index in [1.165, 1.54) is 199 Å². The summed E-state index contributed by atoms with van der Waals surface area (Å²) in [7, 11) is -4.40. The standard InChI is InChI=1S/C60H112NO8P/c1-3-5-7-9-11-13-15-17-19-20-21-22-23-24-25-26-27-28-29-30-31-32-33-34-35-36-37-39-40-42-44-46-48-50-52-59(62)66-56-58(57-68-70(64,65)67-55-54-61)69-60(63)53-51-49-47-45-43-41-38-18-16-14-12-10-8-6-4-2/h6,8,12,14,18,38,43,45,58H,3-5,7,9-11,13,15-17,19-37,39-42,44,46-57,61H2,1-2H3,(H,64,65)/b8-6-,14-12-,38-18-,45-43-. The van der Waals surface area contributed by atoms with Gasteiger partial charge in [0.15, 0.2) is 6.10 Å². The van der Waals surface area contributed by atoms with Gasteiger partial charge in [-0.05, 0) is 51.4 Å². The van der Waals surface area contributed by atoms with Gasteiger partial charge in [-0.25, -0.2) is 4.57 Å². The van der Waals surface area contributed by atoms with E-state index in [1.807, 2.05) is 0 Å². The minimum atomic E-state index is -4.40. The van der Waals surface area contributed by atoms with Crippen molar-refractivity contribution in [1.82, 2.24) is 0 Å². The highest BCUT2D eigenvalue weighted by Gasteiger charge is 2.26. The molecule has 0 bridgehead atoms. The third-order valence-corrected chi connectivity index (χ3v) is 14.0. The largest absolute Gasteiger partial charge is 0.472 e. The zero-order valence-electron chi connectivity index (χ0n) is 45.8. The van der Waals surface area contributed by atoms with Crippen LogP contribution < -0.4 is 5.73 Å². The number of unbranched alkanes of at least 4 members (excludes halogenated alkanes) is 35. The fourth-order valence-corrected chi connectivity index (χ4v) is 9.40. The highest BCUT2D eigenvalue weighted by atomic mass is 31.2. The molecule has 0 radical (unpaired) electrons. The number of hydrogen-bond acceptors (Lipinski definition) is 8. The number of phosphoric ester groups is 1. The van der Waals surface area contributed by atoms with E-state index in [2.05, 4.69) is 62.5 Å². The Labute approximate surface area is 432 Å². The van der Waals surface area contributed by atoms with Crippen molar-refractivity contribution in [3.8, 4) is 0 Å². The van der Waals surface area contributed by atoms with Gasteiger partial charge in [-0.2, -0.15) is 0 Å². The molecule has 2 unspecified atom stereocenters. The smallest absolute Gasteiger partial charge is 0.462 e. The van der Waals surface area contributed by atoms with Crippen molar-refractivity contribution in [2.24, 2.45) is 5.73 Å². The first kappa shape index (κ1) is 68.0. The molecule has 0 saturated carbocycles. The van der Waals surface area contributed by atoms with E-state index in [4.69, 9.17) is 24.3 Å². The van der Waals surface area contributed by atoms with Crippen molar-refractivity contribution in [2.75, 3.05) is 26.4 Å². The Kier molecular flexibility index (Phi) is 54.6. The molecular weight excluding hydrogens is 894 g/mol. The highest BCUT2D eigenvalue weighted by molar-refractivity contribution is 7.47. The van der Waals surface area contributed by atoms with Crippen molar-refractivity contribution >= 4 is 19.8 Å². The summed E-state index contributed by atoms with van der Waals surface area (Å²) in [6.45, 7) is 3.61. The van der Waals surface area contributed by atoms with Gasteiger partial charge in [-0.1, -0.05) is 274 Å². The number of allylic oxidation sites excluding steroid dienone is 8. The number of rotatable bonds is 56. The molecule has 0 aromatic carbocycles.